The molecule has 0 radical (unpaired) electrons. The van der Waals surface area contributed by atoms with E-state index in [0.29, 0.717) is 5.75 Å². The quantitative estimate of drug-likeness (QED) is 0.827. The smallest absolute Gasteiger partial charge is 0.231 e. The molecule has 2 aliphatic rings. The van der Waals surface area contributed by atoms with Gasteiger partial charge in [-0.25, -0.2) is 0 Å². The lowest BCUT2D eigenvalue weighted by Crippen LogP contribution is -2.28. The van der Waals surface area contributed by atoms with Crippen LogP contribution in [0.15, 0.2) is 41.3 Å². The fourth-order valence-corrected chi connectivity index (χ4v) is 4.11. The summed E-state index contributed by atoms with van der Waals surface area (Å²) >= 11 is 1.60. The summed E-state index contributed by atoms with van der Waals surface area (Å²) in [7, 11) is 0. The van der Waals surface area contributed by atoms with Crippen molar-refractivity contribution in [1.29, 1.82) is 0 Å². The van der Waals surface area contributed by atoms with Crippen molar-refractivity contribution >= 4 is 17.7 Å². The Morgan fingerprint density at radius 2 is 1.96 bits per heavy atom. The second-order valence-electron chi connectivity index (χ2n) is 6.47. The number of carbonyl (C=O) groups is 1. The average Bonchev–Trinajstić information content (AvgIpc) is 3.27. The third-order valence-electron chi connectivity index (χ3n) is 4.71. The molecule has 0 aromatic heterocycles. The molecule has 4 nitrogen and oxygen atoms in total. The van der Waals surface area contributed by atoms with Gasteiger partial charge >= 0.3 is 0 Å². The maximum Gasteiger partial charge on any atom is 0.231 e. The van der Waals surface area contributed by atoms with E-state index in [1.807, 2.05) is 25.1 Å². The molecule has 2 aromatic rings. The van der Waals surface area contributed by atoms with Crippen LogP contribution < -0.4 is 14.8 Å². The van der Waals surface area contributed by atoms with E-state index in [2.05, 4.69) is 23.5 Å². The number of carbonyl (C=O) groups excluding carboxylic acids is 1. The van der Waals surface area contributed by atoms with Crippen LogP contribution >= 0.6 is 11.8 Å². The SMILES string of the molecule is C[C@@H](NC(=O)CSc1ccc2c(c1)CCC2)c1ccc2c(c1)OCO2. The molecule has 2 aromatic carbocycles. The first-order valence-corrected chi connectivity index (χ1v) is 9.61. The number of fused-ring (bicyclic) bond motifs is 2. The number of nitrogens with one attached hydrogen (secondary N) is 1. The number of ether oxygens (including phenoxy) is 2. The van der Waals surface area contributed by atoms with Crippen molar-refractivity contribution in [2.24, 2.45) is 0 Å². The number of thioether (sulfide) groups is 1. The first kappa shape index (κ1) is 16.3. The van der Waals surface area contributed by atoms with E-state index in [9.17, 15) is 4.79 Å². The Morgan fingerprint density at radius 1 is 1.12 bits per heavy atom. The summed E-state index contributed by atoms with van der Waals surface area (Å²) < 4.78 is 10.7. The van der Waals surface area contributed by atoms with Crippen molar-refractivity contribution in [2.45, 2.75) is 37.1 Å². The van der Waals surface area contributed by atoms with Crippen molar-refractivity contribution in [2.75, 3.05) is 12.5 Å². The standard InChI is InChI=1S/C20H21NO3S/c1-13(15-6-8-18-19(10-15)24-12-23-18)21-20(22)11-25-17-7-5-14-3-2-4-16(14)9-17/h5-10,13H,2-4,11-12H2,1H3,(H,21,22)/t13-/m1/s1. The summed E-state index contributed by atoms with van der Waals surface area (Å²) in [5.74, 6) is 1.96. The third-order valence-corrected chi connectivity index (χ3v) is 5.71. The molecule has 0 spiro atoms. The van der Waals surface area contributed by atoms with Crippen molar-refractivity contribution < 1.29 is 14.3 Å². The van der Waals surface area contributed by atoms with Gasteiger partial charge in [-0.1, -0.05) is 12.1 Å². The number of rotatable bonds is 5. The number of amides is 1. The van der Waals surface area contributed by atoms with Crippen LogP contribution in [0, 0.1) is 0 Å². The summed E-state index contributed by atoms with van der Waals surface area (Å²) in [6, 6.07) is 12.3. The highest BCUT2D eigenvalue weighted by atomic mass is 32.2. The Bertz CT molecular complexity index is 806. The van der Waals surface area contributed by atoms with Gasteiger partial charge in [0.15, 0.2) is 11.5 Å². The molecule has 1 amide bonds. The van der Waals surface area contributed by atoms with Gasteiger partial charge in [0.1, 0.15) is 0 Å². The molecule has 1 heterocycles. The van der Waals surface area contributed by atoms with E-state index in [1.165, 1.54) is 28.9 Å². The van der Waals surface area contributed by atoms with Gasteiger partial charge in [0, 0.05) is 4.90 Å². The van der Waals surface area contributed by atoms with Crippen LogP contribution in [0.2, 0.25) is 0 Å². The van der Waals surface area contributed by atoms with Crippen molar-refractivity contribution in [3.05, 3.63) is 53.1 Å². The Morgan fingerprint density at radius 3 is 2.88 bits per heavy atom. The van der Waals surface area contributed by atoms with Gasteiger partial charge in [0.05, 0.1) is 11.8 Å². The normalized spacial score (nSPS) is 15.7. The maximum atomic E-state index is 12.3. The van der Waals surface area contributed by atoms with Gasteiger partial charge < -0.3 is 14.8 Å². The Kier molecular flexibility index (Phi) is 4.57. The zero-order valence-corrected chi connectivity index (χ0v) is 15.0. The summed E-state index contributed by atoms with van der Waals surface area (Å²) in [5.41, 5.74) is 3.92. The number of hydrogen-bond donors (Lipinski definition) is 1. The minimum atomic E-state index is -0.0670. The molecule has 1 atom stereocenters. The van der Waals surface area contributed by atoms with E-state index >= 15 is 0 Å². The highest BCUT2D eigenvalue weighted by Gasteiger charge is 2.17. The molecule has 1 N–H and O–H groups in total. The van der Waals surface area contributed by atoms with Gasteiger partial charge in [0.25, 0.3) is 0 Å². The Hall–Kier alpha value is -2.14. The van der Waals surface area contributed by atoms with E-state index in [0.717, 1.165) is 23.5 Å². The zero-order chi connectivity index (χ0) is 17.2. The number of benzene rings is 2. The maximum absolute atomic E-state index is 12.3. The van der Waals surface area contributed by atoms with E-state index in [4.69, 9.17) is 9.47 Å². The van der Waals surface area contributed by atoms with Crippen LogP contribution in [0.25, 0.3) is 0 Å². The summed E-state index contributed by atoms with van der Waals surface area (Å²) in [6.07, 6.45) is 3.60. The largest absolute Gasteiger partial charge is 0.454 e. The molecular weight excluding hydrogens is 334 g/mol. The second kappa shape index (κ2) is 7.00. The summed E-state index contributed by atoms with van der Waals surface area (Å²) in [4.78, 5) is 13.5. The summed E-state index contributed by atoms with van der Waals surface area (Å²) in [6.45, 7) is 2.24. The topological polar surface area (TPSA) is 47.6 Å². The van der Waals surface area contributed by atoms with Crippen LogP contribution in [-0.2, 0) is 17.6 Å². The van der Waals surface area contributed by atoms with Crippen LogP contribution in [0.4, 0.5) is 0 Å². The molecule has 1 aliphatic carbocycles. The van der Waals surface area contributed by atoms with Crippen LogP contribution in [0.5, 0.6) is 11.5 Å². The van der Waals surface area contributed by atoms with E-state index < -0.39 is 0 Å². The highest BCUT2D eigenvalue weighted by molar-refractivity contribution is 8.00. The van der Waals surface area contributed by atoms with Crippen LogP contribution in [-0.4, -0.2) is 18.5 Å². The molecule has 0 fully saturated rings. The predicted molar refractivity (Wildman–Crippen MR) is 98.3 cm³/mol. The first-order valence-electron chi connectivity index (χ1n) is 8.62. The average molecular weight is 355 g/mol. The van der Waals surface area contributed by atoms with Gasteiger partial charge in [-0.05, 0) is 67.1 Å². The molecule has 25 heavy (non-hydrogen) atoms. The molecule has 130 valence electrons. The van der Waals surface area contributed by atoms with Crippen LogP contribution in [0.1, 0.15) is 36.1 Å². The van der Waals surface area contributed by atoms with Crippen molar-refractivity contribution in [3.63, 3.8) is 0 Å². The van der Waals surface area contributed by atoms with Gasteiger partial charge in [-0.15, -0.1) is 11.8 Å². The second-order valence-corrected chi connectivity index (χ2v) is 7.52. The highest BCUT2D eigenvalue weighted by Crippen LogP contribution is 2.34. The molecule has 0 unspecified atom stereocenters. The first-order chi connectivity index (χ1) is 12.2. The predicted octanol–water partition coefficient (Wildman–Crippen LogP) is 3.87. The third kappa shape index (κ3) is 3.61. The number of hydrogen-bond acceptors (Lipinski definition) is 4. The van der Waals surface area contributed by atoms with E-state index in [1.54, 1.807) is 11.8 Å². The fraction of sp³-hybridized carbons (Fsp3) is 0.350. The van der Waals surface area contributed by atoms with Gasteiger partial charge in [-0.2, -0.15) is 0 Å². The zero-order valence-electron chi connectivity index (χ0n) is 14.2. The lowest BCUT2D eigenvalue weighted by atomic mass is 10.1. The molecule has 5 heteroatoms. The minimum absolute atomic E-state index is 0.0377. The minimum Gasteiger partial charge on any atom is -0.454 e. The lowest BCUT2D eigenvalue weighted by molar-refractivity contribution is -0.119. The van der Waals surface area contributed by atoms with Gasteiger partial charge in [0.2, 0.25) is 12.7 Å². The lowest BCUT2D eigenvalue weighted by Gasteiger charge is -2.15. The Labute approximate surface area is 151 Å². The molecular formula is C20H21NO3S. The summed E-state index contributed by atoms with van der Waals surface area (Å²) in [5, 5.41) is 3.05. The molecule has 0 bridgehead atoms. The molecule has 0 saturated heterocycles. The Balaban J connectivity index is 1.32. The van der Waals surface area contributed by atoms with Crippen LogP contribution in [0.3, 0.4) is 0 Å². The van der Waals surface area contributed by atoms with E-state index in [-0.39, 0.29) is 18.7 Å². The fourth-order valence-electron chi connectivity index (χ4n) is 3.34. The molecule has 0 saturated carbocycles. The number of aryl methyl sites for hydroxylation is 2. The van der Waals surface area contributed by atoms with Gasteiger partial charge in [-0.3, -0.25) is 4.79 Å². The van der Waals surface area contributed by atoms with Crippen molar-refractivity contribution in [3.8, 4) is 11.5 Å². The molecule has 4 rings (SSSR count). The molecule has 1 aliphatic heterocycles. The monoisotopic (exact) mass is 355 g/mol. The van der Waals surface area contributed by atoms with Crippen molar-refractivity contribution in [1.82, 2.24) is 5.32 Å².